The Morgan fingerprint density at radius 1 is 1.16 bits per heavy atom. The first-order valence-electron chi connectivity index (χ1n) is 9.41. The third-order valence-corrected chi connectivity index (χ3v) is 5.59. The monoisotopic (exact) mass is 449 g/mol. The third-order valence-electron chi connectivity index (χ3n) is 5.25. The maximum absolute atomic E-state index is 12.7. The number of nitriles is 1. The van der Waals surface area contributed by atoms with Crippen LogP contribution in [0.1, 0.15) is 25.5 Å². The average molecular weight is 450 g/mol. The average Bonchev–Trinajstić information content (AvgIpc) is 3.26. The van der Waals surface area contributed by atoms with Gasteiger partial charge in [0.2, 0.25) is 6.10 Å². The van der Waals surface area contributed by atoms with Gasteiger partial charge in [0.25, 0.3) is 0 Å². The van der Waals surface area contributed by atoms with E-state index in [1.807, 2.05) is 24.3 Å². The molecule has 1 aliphatic carbocycles. The van der Waals surface area contributed by atoms with Crippen LogP contribution < -0.4 is 4.74 Å². The topological polar surface area (TPSA) is 59.3 Å². The molecule has 1 aliphatic rings. The summed E-state index contributed by atoms with van der Waals surface area (Å²) in [6, 6.07) is 17.4. The molecule has 4 nitrogen and oxygen atoms in total. The first-order chi connectivity index (χ1) is 14.5. The third kappa shape index (κ3) is 5.20. The number of alkyl halides is 3. The van der Waals surface area contributed by atoms with Crippen LogP contribution in [0.25, 0.3) is 0 Å². The van der Waals surface area contributed by atoms with Gasteiger partial charge in [0.1, 0.15) is 22.6 Å². The van der Waals surface area contributed by atoms with Gasteiger partial charge in [0.15, 0.2) is 0 Å². The summed E-state index contributed by atoms with van der Waals surface area (Å²) in [5.41, 5.74) is -0.371. The van der Waals surface area contributed by atoms with Crippen LogP contribution in [0.3, 0.4) is 0 Å². The molecule has 31 heavy (non-hydrogen) atoms. The molecular formula is C23H19ClF3NO3. The molecule has 1 saturated carbocycles. The van der Waals surface area contributed by atoms with Crippen molar-refractivity contribution in [3.05, 3.63) is 71.3 Å². The predicted octanol–water partition coefficient (Wildman–Crippen LogP) is 6.54. The van der Waals surface area contributed by atoms with Gasteiger partial charge in [-0.15, -0.1) is 0 Å². The number of esters is 1. The lowest BCUT2D eigenvalue weighted by Crippen LogP contribution is -2.14. The zero-order chi connectivity index (χ0) is 22.8. The van der Waals surface area contributed by atoms with E-state index in [1.54, 1.807) is 50.2 Å². The summed E-state index contributed by atoms with van der Waals surface area (Å²) < 4.78 is 49.2. The number of carbonyl (C=O) groups excluding carboxylic acids is 1. The van der Waals surface area contributed by atoms with E-state index in [1.165, 1.54) is 0 Å². The molecule has 0 bridgehead atoms. The minimum atomic E-state index is -4.68. The minimum Gasteiger partial charge on any atom is -0.457 e. The van der Waals surface area contributed by atoms with Crippen molar-refractivity contribution in [2.24, 2.45) is 17.3 Å². The van der Waals surface area contributed by atoms with Gasteiger partial charge < -0.3 is 9.47 Å². The van der Waals surface area contributed by atoms with Crippen molar-refractivity contribution in [3.8, 4) is 17.6 Å². The highest BCUT2D eigenvalue weighted by molar-refractivity contribution is 6.30. The number of para-hydroxylation sites is 1. The Hall–Kier alpha value is -2.98. The van der Waals surface area contributed by atoms with Crippen molar-refractivity contribution >= 4 is 17.6 Å². The van der Waals surface area contributed by atoms with Gasteiger partial charge in [-0.2, -0.15) is 18.4 Å². The second-order valence-corrected chi connectivity index (χ2v) is 8.18. The van der Waals surface area contributed by atoms with E-state index < -0.39 is 40.5 Å². The smallest absolute Gasteiger partial charge is 0.426 e. The molecule has 8 heteroatoms. The predicted molar refractivity (Wildman–Crippen MR) is 108 cm³/mol. The summed E-state index contributed by atoms with van der Waals surface area (Å²) in [7, 11) is 0. The molecule has 0 amide bonds. The highest BCUT2D eigenvalue weighted by Gasteiger charge is 2.62. The van der Waals surface area contributed by atoms with Gasteiger partial charge in [0, 0.05) is 5.56 Å². The van der Waals surface area contributed by atoms with Crippen LogP contribution in [-0.4, -0.2) is 12.1 Å². The van der Waals surface area contributed by atoms with Gasteiger partial charge in [-0.05, 0) is 35.6 Å². The number of rotatable bonds is 6. The second kappa shape index (κ2) is 8.64. The molecule has 2 aromatic rings. The Morgan fingerprint density at radius 3 is 2.42 bits per heavy atom. The van der Waals surface area contributed by atoms with Crippen LogP contribution in [0.15, 0.2) is 65.7 Å². The van der Waals surface area contributed by atoms with Crippen molar-refractivity contribution < 1.29 is 27.4 Å². The highest BCUT2D eigenvalue weighted by atomic mass is 35.5. The van der Waals surface area contributed by atoms with Crippen molar-refractivity contribution in [1.29, 1.82) is 5.26 Å². The van der Waals surface area contributed by atoms with Crippen LogP contribution in [0.2, 0.25) is 0 Å². The number of benzene rings is 2. The van der Waals surface area contributed by atoms with Crippen molar-refractivity contribution in [2.75, 3.05) is 0 Å². The van der Waals surface area contributed by atoms with Crippen LogP contribution >= 0.6 is 11.6 Å². The van der Waals surface area contributed by atoms with Gasteiger partial charge >= 0.3 is 12.1 Å². The van der Waals surface area contributed by atoms with Crippen molar-refractivity contribution in [1.82, 2.24) is 0 Å². The molecule has 0 N–H and O–H groups in total. The summed E-state index contributed by atoms with van der Waals surface area (Å²) in [6.07, 6.45) is -5.07. The molecule has 3 rings (SSSR count). The van der Waals surface area contributed by atoms with Crippen molar-refractivity contribution in [3.63, 3.8) is 0 Å². The summed E-state index contributed by atoms with van der Waals surface area (Å²) >= 11 is 5.32. The van der Waals surface area contributed by atoms with Crippen LogP contribution in [0.5, 0.6) is 11.5 Å². The molecule has 2 unspecified atom stereocenters. The molecule has 0 radical (unpaired) electrons. The highest BCUT2D eigenvalue weighted by Crippen LogP contribution is 2.60. The largest absolute Gasteiger partial charge is 0.457 e. The summed E-state index contributed by atoms with van der Waals surface area (Å²) in [5.74, 6) is -1.27. The lowest BCUT2D eigenvalue weighted by molar-refractivity contribution is -0.149. The lowest BCUT2D eigenvalue weighted by Gasteiger charge is -2.13. The molecular weight excluding hydrogens is 431 g/mol. The molecule has 1 fully saturated rings. The summed E-state index contributed by atoms with van der Waals surface area (Å²) in [5, 5.41) is 8.23. The van der Waals surface area contributed by atoms with Gasteiger partial charge in [-0.1, -0.05) is 61.9 Å². The van der Waals surface area contributed by atoms with Crippen LogP contribution in [-0.2, 0) is 9.53 Å². The maximum atomic E-state index is 12.7. The van der Waals surface area contributed by atoms with E-state index >= 15 is 0 Å². The fraction of sp³-hybridized carbons (Fsp3) is 0.304. The molecule has 0 aromatic heterocycles. The van der Waals surface area contributed by atoms with E-state index in [9.17, 15) is 23.2 Å². The molecule has 162 valence electrons. The van der Waals surface area contributed by atoms with E-state index in [0.29, 0.717) is 17.1 Å². The SMILES string of the molecule is CC1(C)C(C=C(Cl)C(F)(F)F)C1C(=O)O[C@H](C#N)c1cccc(Oc2ccccc2)c1. The van der Waals surface area contributed by atoms with Gasteiger partial charge in [-0.3, -0.25) is 4.79 Å². The zero-order valence-electron chi connectivity index (χ0n) is 16.7. The Kier molecular flexibility index (Phi) is 6.33. The second-order valence-electron chi connectivity index (χ2n) is 7.77. The zero-order valence-corrected chi connectivity index (χ0v) is 17.4. The Bertz CT molecular complexity index is 1030. The Morgan fingerprint density at radius 2 is 1.81 bits per heavy atom. The summed E-state index contributed by atoms with van der Waals surface area (Å²) in [6.45, 7) is 3.30. The fourth-order valence-electron chi connectivity index (χ4n) is 3.42. The summed E-state index contributed by atoms with van der Waals surface area (Å²) in [4.78, 5) is 12.6. The quantitative estimate of drug-likeness (QED) is 0.469. The van der Waals surface area contributed by atoms with Gasteiger partial charge in [0.05, 0.1) is 5.92 Å². The first kappa shape index (κ1) is 22.7. The molecule has 0 saturated heterocycles. The number of allylic oxidation sites excluding steroid dienone is 2. The van der Waals surface area contributed by atoms with Crippen molar-refractivity contribution in [2.45, 2.75) is 26.1 Å². The molecule has 3 atom stereocenters. The number of hydrogen-bond donors (Lipinski definition) is 0. The standard InChI is InChI=1S/C23H19ClF3NO3/c1-22(2)17(12-19(24)23(25,26)27)20(22)21(29)31-18(13-28)14-7-6-10-16(11-14)30-15-8-4-3-5-9-15/h3-12,17-18,20H,1-2H3/t17?,18-,20?/m1/s1. The number of ether oxygens (including phenoxy) is 2. The number of hydrogen-bond acceptors (Lipinski definition) is 4. The Labute approximate surface area is 182 Å². The number of halogens is 4. The molecule has 0 heterocycles. The number of nitrogens with zero attached hydrogens (tertiary/aromatic N) is 1. The molecule has 2 aromatic carbocycles. The maximum Gasteiger partial charge on any atom is 0.426 e. The normalized spacial score (nSPS) is 21.0. The first-order valence-corrected chi connectivity index (χ1v) is 9.79. The van der Waals surface area contributed by atoms with Gasteiger partial charge in [-0.25, -0.2) is 0 Å². The number of carbonyl (C=O) groups is 1. The van der Waals surface area contributed by atoms with E-state index in [2.05, 4.69) is 0 Å². The van der Waals surface area contributed by atoms with E-state index in [-0.39, 0.29) is 0 Å². The molecule has 0 spiro atoms. The van der Waals surface area contributed by atoms with E-state index in [4.69, 9.17) is 21.1 Å². The minimum absolute atomic E-state index is 0.392. The lowest BCUT2D eigenvalue weighted by atomic mass is 10.1. The fourth-order valence-corrected chi connectivity index (χ4v) is 3.55. The van der Waals surface area contributed by atoms with Crippen LogP contribution in [0.4, 0.5) is 13.2 Å². The Balaban J connectivity index is 1.72. The van der Waals surface area contributed by atoms with E-state index in [0.717, 1.165) is 6.08 Å². The molecule has 0 aliphatic heterocycles. The van der Waals surface area contributed by atoms with Crippen LogP contribution in [0, 0.1) is 28.6 Å².